The van der Waals surface area contributed by atoms with Crippen molar-refractivity contribution in [2.75, 3.05) is 4.90 Å². The predicted octanol–water partition coefficient (Wildman–Crippen LogP) is 13.9. The van der Waals surface area contributed by atoms with Gasteiger partial charge in [0.15, 0.2) is 0 Å². The average Bonchev–Trinajstić information content (AvgIpc) is 3.73. The number of benzene rings is 8. The van der Waals surface area contributed by atoms with E-state index in [2.05, 4.69) is 169 Å². The van der Waals surface area contributed by atoms with E-state index >= 15 is 0 Å². The summed E-state index contributed by atoms with van der Waals surface area (Å²) in [7, 11) is 0. The molecule has 0 amide bonds. The van der Waals surface area contributed by atoms with Crippen molar-refractivity contribution >= 4 is 81.3 Å². The summed E-state index contributed by atoms with van der Waals surface area (Å²) in [5.41, 5.74) is 9.99. The number of hydrogen-bond donors (Lipinski definition) is 0. The number of nitrogens with zero attached hydrogens (tertiary/aromatic N) is 1. The second-order valence-electron chi connectivity index (χ2n) is 12.6. The van der Waals surface area contributed by atoms with Crippen LogP contribution in [0.15, 0.2) is 180 Å². The van der Waals surface area contributed by atoms with E-state index < -0.39 is 0 Å². The Bertz CT molecular complexity index is 2810. The van der Waals surface area contributed by atoms with E-state index in [9.17, 15) is 0 Å². The lowest BCUT2D eigenvalue weighted by Crippen LogP contribution is -2.09. The number of rotatable bonds is 5. The molecule has 0 saturated heterocycles. The van der Waals surface area contributed by atoms with Crippen LogP contribution in [0.2, 0.25) is 0 Å². The van der Waals surface area contributed by atoms with E-state index in [1.807, 2.05) is 23.5 Å². The van der Waals surface area contributed by atoms with Gasteiger partial charge in [0.05, 0.1) is 0 Å². The van der Waals surface area contributed by atoms with Crippen LogP contribution < -0.4 is 4.90 Å². The highest BCUT2D eigenvalue weighted by atomic mass is 32.1. The average molecular weight is 644 g/mol. The fourth-order valence-electron chi connectivity index (χ4n) is 7.28. The molecule has 0 spiro atoms. The van der Waals surface area contributed by atoms with Gasteiger partial charge >= 0.3 is 0 Å². The van der Waals surface area contributed by atoms with Crippen molar-refractivity contribution in [3.05, 3.63) is 176 Å². The fraction of sp³-hybridized carbons (Fsp3) is 0. The summed E-state index contributed by atoms with van der Waals surface area (Å²) < 4.78 is 8.92. The molecular formula is C46H29NOS. The highest BCUT2D eigenvalue weighted by molar-refractivity contribution is 7.25. The number of furan rings is 1. The lowest BCUT2D eigenvalue weighted by molar-refractivity contribution is 0.669. The van der Waals surface area contributed by atoms with E-state index in [-0.39, 0.29) is 0 Å². The number of fused-ring (bicyclic) bond motifs is 7. The SMILES string of the molecule is c1ccc(-c2ccc(N(c3ccc(-c4cccc5sc6ccccc6c45)cc3)c3ccc4cc5c(cc4c3)oc3ccccc35)cc2)cc1. The number of hydrogen-bond acceptors (Lipinski definition) is 3. The third kappa shape index (κ3) is 4.70. The molecule has 0 aliphatic rings. The van der Waals surface area contributed by atoms with Crippen LogP contribution in [0.1, 0.15) is 0 Å². The molecule has 0 bridgehead atoms. The third-order valence-electron chi connectivity index (χ3n) is 9.65. The van der Waals surface area contributed by atoms with Crippen LogP contribution >= 0.6 is 11.3 Å². The van der Waals surface area contributed by atoms with Crippen molar-refractivity contribution in [2.45, 2.75) is 0 Å². The molecule has 10 rings (SSSR count). The Morgan fingerprint density at radius 2 is 1.04 bits per heavy atom. The molecule has 0 unspecified atom stereocenters. The third-order valence-corrected chi connectivity index (χ3v) is 10.8. The van der Waals surface area contributed by atoms with Gasteiger partial charge < -0.3 is 9.32 Å². The van der Waals surface area contributed by atoms with Crippen LogP contribution in [0.25, 0.3) is 75.1 Å². The first-order valence-electron chi connectivity index (χ1n) is 16.6. The molecule has 0 aliphatic carbocycles. The molecule has 0 aliphatic heterocycles. The van der Waals surface area contributed by atoms with Crippen LogP contribution in [0.3, 0.4) is 0 Å². The maximum absolute atomic E-state index is 6.28. The molecule has 10 aromatic rings. The van der Waals surface area contributed by atoms with Crippen molar-refractivity contribution < 1.29 is 4.42 Å². The van der Waals surface area contributed by atoms with Gasteiger partial charge in [-0.1, -0.05) is 109 Å². The summed E-state index contributed by atoms with van der Waals surface area (Å²) in [5, 5.41) is 7.27. The van der Waals surface area contributed by atoms with Gasteiger partial charge in [-0.05, 0) is 99.8 Å². The molecule has 0 fully saturated rings. The summed E-state index contributed by atoms with van der Waals surface area (Å²) >= 11 is 1.86. The van der Waals surface area contributed by atoms with Crippen molar-refractivity contribution in [2.24, 2.45) is 0 Å². The summed E-state index contributed by atoms with van der Waals surface area (Å²) in [4.78, 5) is 2.35. The van der Waals surface area contributed by atoms with Crippen molar-refractivity contribution in [1.82, 2.24) is 0 Å². The van der Waals surface area contributed by atoms with Gasteiger partial charge in [-0.2, -0.15) is 0 Å². The molecule has 230 valence electrons. The number of anilines is 3. The van der Waals surface area contributed by atoms with Crippen molar-refractivity contribution in [3.8, 4) is 22.3 Å². The Kier molecular flexibility index (Phi) is 6.39. The zero-order valence-electron chi connectivity index (χ0n) is 26.5. The van der Waals surface area contributed by atoms with Crippen LogP contribution in [0.5, 0.6) is 0 Å². The second-order valence-corrected chi connectivity index (χ2v) is 13.6. The van der Waals surface area contributed by atoms with E-state index in [1.54, 1.807) is 0 Å². The first kappa shape index (κ1) is 27.9. The van der Waals surface area contributed by atoms with Crippen LogP contribution in [-0.4, -0.2) is 0 Å². The minimum Gasteiger partial charge on any atom is -0.456 e. The summed E-state index contributed by atoms with van der Waals surface area (Å²) in [6, 6.07) is 63.3. The first-order chi connectivity index (χ1) is 24.3. The lowest BCUT2D eigenvalue weighted by Gasteiger charge is -2.26. The molecule has 2 nitrogen and oxygen atoms in total. The summed E-state index contributed by atoms with van der Waals surface area (Å²) in [6.45, 7) is 0. The minimum atomic E-state index is 0.907. The zero-order chi connectivity index (χ0) is 32.3. The Hall–Kier alpha value is -6.16. The van der Waals surface area contributed by atoms with Crippen LogP contribution in [-0.2, 0) is 0 Å². The van der Waals surface area contributed by atoms with E-state index in [4.69, 9.17) is 4.42 Å². The molecular weight excluding hydrogens is 615 g/mol. The maximum atomic E-state index is 6.28. The normalized spacial score (nSPS) is 11.7. The van der Waals surface area contributed by atoms with Gasteiger partial charge in [0, 0.05) is 48.0 Å². The molecule has 0 atom stereocenters. The Balaban J connectivity index is 1.11. The molecule has 49 heavy (non-hydrogen) atoms. The van der Waals surface area contributed by atoms with Gasteiger partial charge in [0.25, 0.3) is 0 Å². The Morgan fingerprint density at radius 1 is 0.388 bits per heavy atom. The van der Waals surface area contributed by atoms with Gasteiger partial charge in [-0.25, -0.2) is 0 Å². The standard InChI is InChI=1S/C46H29NOS/c1-2-9-30(10-3-1)31-17-22-35(23-18-31)47(37-26-21-33-28-41-39-11-4-6-14-42(39)48-43(41)29-34(33)27-37)36-24-19-32(20-25-36)38-13-8-16-45-46(38)40-12-5-7-15-44(40)49-45/h1-29H. The van der Waals surface area contributed by atoms with Gasteiger partial charge in [-0.3, -0.25) is 0 Å². The molecule has 0 saturated carbocycles. The molecule has 2 aromatic heterocycles. The largest absolute Gasteiger partial charge is 0.456 e. The van der Waals surface area contributed by atoms with Gasteiger partial charge in [0.1, 0.15) is 11.2 Å². The van der Waals surface area contributed by atoms with Crippen molar-refractivity contribution in [3.63, 3.8) is 0 Å². The first-order valence-corrected chi connectivity index (χ1v) is 17.4. The van der Waals surface area contributed by atoms with Crippen molar-refractivity contribution in [1.29, 1.82) is 0 Å². The summed E-state index contributed by atoms with van der Waals surface area (Å²) in [6.07, 6.45) is 0. The van der Waals surface area contributed by atoms with E-state index in [0.717, 1.165) is 44.4 Å². The fourth-order valence-corrected chi connectivity index (χ4v) is 8.41. The highest BCUT2D eigenvalue weighted by Crippen LogP contribution is 2.42. The monoisotopic (exact) mass is 643 g/mol. The van der Waals surface area contributed by atoms with E-state index in [0.29, 0.717) is 0 Å². The second kappa shape index (κ2) is 11.2. The Labute approximate surface area is 287 Å². The number of para-hydroxylation sites is 1. The molecule has 0 N–H and O–H groups in total. The number of thiophene rings is 1. The summed E-state index contributed by atoms with van der Waals surface area (Å²) in [5.74, 6) is 0. The van der Waals surface area contributed by atoms with Gasteiger partial charge in [0.2, 0.25) is 0 Å². The molecule has 2 heterocycles. The van der Waals surface area contributed by atoms with Gasteiger partial charge in [-0.15, -0.1) is 11.3 Å². The maximum Gasteiger partial charge on any atom is 0.136 e. The molecule has 8 aromatic carbocycles. The predicted molar refractivity (Wildman–Crippen MR) is 210 cm³/mol. The zero-order valence-corrected chi connectivity index (χ0v) is 27.3. The topological polar surface area (TPSA) is 16.4 Å². The minimum absolute atomic E-state index is 0.907. The molecule has 3 heteroatoms. The molecule has 0 radical (unpaired) electrons. The highest BCUT2D eigenvalue weighted by Gasteiger charge is 2.16. The lowest BCUT2D eigenvalue weighted by atomic mass is 9.99. The van der Waals surface area contributed by atoms with Crippen LogP contribution in [0.4, 0.5) is 17.1 Å². The quantitative estimate of drug-likeness (QED) is 0.186. The smallest absolute Gasteiger partial charge is 0.136 e. The Morgan fingerprint density at radius 3 is 1.86 bits per heavy atom. The van der Waals surface area contributed by atoms with Crippen LogP contribution in [0, 0.1) is 0 Å². The van der Waals surface area contributed by atoms with E-state index in [1.165, 1.54) is 47.8 Å².